The molecule has 0 saturated carbocycles. The van der Waals surface area contributed by atoms with Crippen molar-refractivity contribution in [2.75, 3.05) is 33.4 Å². The van der Waals surface area contributed by atoms with Crippen LogP contribution >= 0.6 is 0 Å². The fourth-order valence-electron chi connectivity index (χ4n) is 2.13. The summed E-state index contributed by atoms with van der Waals surface area (Å²) in [4.78, 5) is 4.96. The Labute approximate surface area is 101 Å². The Balaban J connectivity index is 1.98. The van der Waals surface area contributed by atoms with E-state index in [0.717, 1.165) is 0 Å². The Bertz CT molecular complexity index is 229. The zero-order valence-corrected chi connectivity index (χ0v) is 11.6. The average molecular weight is 224 g/mol. The van der Waals surface area contributed by atoms with Crippen LogP contribution in [0.1, 0.15) is 46.5 Å². The van der Waals surface area contributed by atoms with Gasteiger partial charge in [0.1, 0.15) is 0 Å². The smallest absolute Gasteiger partial charge is 0.0504 e. The number of rotatable bonds is 6. The molecule has 1 saturated heterocycles. The van der Waals surface area contributed by atoms with Gasteiger partial charge in [-0.3, -0.25) is 9.80 Å². The summed E-state index contributed by atoms with van der Waals surface area (Å²) in [6.45, 7) is 11.7. The molecular weight excluding hydrogens is 196 g/mol. The lowest BCUT2D eigenvalue weighted by molar-refractivity contribution is 0.269. The minimum absolute atomic E-state index is 1.17. The number of hydrogen-bond acceptors (Lipinski definition) is 2. The largest absolute Gasteiger partial charge is 0.292 e. The predicted octanol–water partition coefficient (Wildman–Crippen LogP) is 3.11. The summed E-state index contributed by atoms with van der Waals surface area (Å²) >= 11 is 0. The quantitative estimate of drug-likeness (QED) is 0.505. The predicted molar refractivity (Wildman–Crippen MR) is 71.6 cm³/mol. The third kappa shape index (κ3) is 5.13. The molecule has 94 valence electrons. The molecule has 0 aromatic rings. The fraction of sp³-hybridized carbons (Fsp3) is 0.857. The van der Waals surface area contributed by atoms with Gasteiger partial charge in [0.05, 0.1) is 6.67 Å². The first-order chi connectivity index (χ1) is 7.59. The van der Waals surface area contributed by atoms with E-state index < -0.39 is 0 Å². The minimum atomic E-state index is 1.17. The highest BCUT2D eigenvalue weighted by atomic mass is 15.4. The van der Waals surface area contributed by atoms with E-state index in [1.54, 1.807) is 5.57 Å². The monoisotopic (exact) mass is 224 g/mol. The molecule has 0 bridgehead atoms. The summed E-state index contributed by atoms with van der Waals surface area (Å²) in [5.41, 5.74) is 3.09. The highest BCUT2D eigenvalue weighted by Crippen LogP contribution is 2.13. The van der Waals surface area contributed by atoms with Gasteiger partial charge in [-0.1, -0.05) is 17.6 Å². The average Bonchev–Trinajstić information content (AvgIpc) is 2.63. The molecular formula is C14H28N2. The molecule has 0 atom stereocenters. The molecule has 1 heterocycles. The van der Waals surface area contributed by atoms with Crippen LogP contribution in [0.25, 0.3) is 0 Å². The van der Waals surface area contributed by atoms with Crippen LogP contribution in [-0.4, -0.2) is 43.2 Å². The third-order valence-corrected chi connectivity index (χ3v) is 3.62. The maximum Gasteiger partial charge on any atom is 0.0504 e. The number of nitrogens with zero attached hydrogens (tertiary/aromatic N) is 2. The topological polar surface area (TPSA) is 6.48 Å². The normalized spacial score (nSPS) is 18.0. The van der Waals surface area contributed by atoms with Crippen molar-refractivity contribution in [3.8, 4) is 0 Å². The van der Waals surface area contributed by atoms with Crippen molar-refractivity contribution >= 4 is 0 Å². The molecule has 1 fully saturated rings. The van der Waals surface area contributed by atoms with Crippen molar-refractivity contribution in [2.45, 2.75) is 46.5 Å². The van der Waals surface area contributed by atoms with Gasteiger partial charge >= 0.3 is 0 Å². The van der Waals surface area contributed by atoms with Crippen molar-refractivity contribution in [3.05, 3.63) is 11.1 Å². The number of likely N-dealkylation sites (N-methyl/N-ethyl adjacent to an activating group) is 1. The maximum atomic E-state index is 2.56. The van der Waals surface area contributed by atoms with E-state index in [-0.39, 0.29) is 0 Å². The number of unbranched alkanes of at least 4 members (excludes halogenated alkanes) is 2. The van der Waals surface area contributed by atoms with Crippen molar-refractivity contribution in [2.24, 2.45) is 0 Å². The minimum Gasteiger partial charge on any atom is -0.292 e. The molecule has 0 spiro atoms. The summed E-state index contributed by atoms with van der Waals surface area (Å²) in [6, 6.07) is 0. The maximum absolute atomic E-state index is 2.56. The fourth-order valence-corrected chi connectivity index (χ4v) is 2.13. The zero-order chi connectivity index (χ0) is 12.0. The summed E-state index contributed by atoms with van der Waals surface area (Å²) in [5, 5.41) is 0. The van der Waals surface area contributed by atoms with Gasteiger partial charge in [0.25, 0.3) is 0 Å². The van der Waals surface area contributed by atoms with E-state index >= 15 is 0 Å². The van der Waals surface area contributed by atoms with Crippen molar-refractivity contribution < 1.29 is 0 Å². The lowest BCUT2D eigenvalue weighted by atomic mass is 10.0. The van der Waals surface area contributed by atoms with Gasteiger partial charge in [-0.05, 0) is 53.6 Å². The first-order valence-electron chi connectivity index (χ1n) is 6.63. The molecule has 1 rings (SSSR count). The molecule has 2 heteroatoms. The number of hydrogen-bond donors (Lipinski definition) is 0. The van der Waals surface area contributed by atoms with Gasteiger partial charge in [-0.2, -0.15) is 0 Å². The lowest BCUT2D eigenvalue weighted by Gasteiger charge is -2.14. The van der Waals surface area contributed by atoms with E-state index in [1.165, 1.54) is 57.6 Å². The van der Waals surface area contributed by atoms with Crippen LogP contribution in [0.15, 0.2) is 11.1 Å². The van der Waals surface area contributed by atoms with Gasteiger partial charge < -0.3 is 0 Å². The summed E-state index contributed by atoms with van der Waals surface area (Å²) < 4.78 is 0. The van der Waals surface area contributed by atoms with Crippen LogP contribution in [0.5, 0.6) is 0 Å². The van der Waals surface area contributed by atoms with E-state index in [9.17, 15) is 0 Å². The molecule has 0 unspecified atom stereocenters. The van der Waals surface area contributed by atoms with E-state index in [1.807, 2.05) is 0 Å². The molecule has 0 N–H and O–H groups in total. The molecule has 1 aliphatic heterocycles. The molecule has 1 aliphatic rings. The van der Waals surface area contributed by atoms with Gasteiger partial charge in [0.2, 0.25) is 0 Å². The molecule has 0 aromatic heterocycles. The van der Waals surface area contributed by atoms with Crippen LogP contribution in [0.4, 0.5) is 0 Å². The van der Waals surface area contributed by atoms with Crippen molar-refractivity contribution in [1.29, 1.82) is 0 Å². The van der Waals surface area contributed by atoms with Crippen LogP contribution in [0, 0.1) is 0 Å². The lowest BCUT2D eigenvalue weighted by Crippen LogP contribution is -2.24. The van der Waals surface area contributed by atoms with Crippen LogP contribution in [0.3, 0.4) is 0 Å². The second kappa shape index (κ2) is 7.08. The molecule has 16 heavy (non-hydrogen) atoms. The molecule has 2 nitrogen and oxygen atoms in total. The number of allylic oxidation sites excluding steroid dienone is 2. The third-order valence-electron chi connectivity index (χ3n) is 3.62. The van der Waals surface area contributed by atoms with E-state index in [2.05, 4.69) is 37.6 Å². The van der Waals surface area contributed by atoms with E-state index in [4.69, 9.17) is 0 Å². The van der Waals surface area contributed by atoms with Crippen LogP contribution < -0.4 is 0 Å². The Morgan fingerprint density at radius 3 is 2.31 bits per heavy atom. The van der Waals surface area contributed by atoms with Crippen molar-refractivity contribution in [3.63, 3.8) is 0 Å². The van der Waals surface area contributed by atoms with Crippen LogP contribution in [-0.2, 0) is 0 Å². The Morgan fingerprint density at radius 1 is 1.00 bits per heavy atom. The molecule has 0 aliphatic carbocycles. The molecule has 0 amide bonds. The second-order valence-electron chi connectivity index (χ2n) is 5.43. The molecule has 0 radical (unpaired) electrons. The van der Waals surface area contributed by atoms with E-state index in [0.29, 0.717) is 0 Å². The Morgan fingerprint density at radius 2 is 1.75 bits per heavy atom. The van der Waals surface area contributed by atoms with Gasteiger partial charge in [0, 0.05) is 13.1 Å². The highest BCUT2D eigenvalue weighted by molar-refractivity contribution is 5.06. The van der Waals surface area contributed by atoms with Gasteiger partial charge in [-0.25, -0.2) is 0 Å². The zero-order valence-electron chi connectivity index (χ0n) is 11.6. The second-order valence-corrected chi connectivity index (χ2v) is 5.43. The first kappa shape index (κ1) is 13.7. The Kier molecular flexibility index (Phi) is 6.07. The standard InChI is InChI=1S/C14H28N2/c1-13(2)14(3)8-6-5-7-9-16-11-10-15(4)12-16/h5-12H2,1-4H3. The highest BCUT2D eigenvalue weighted by Gasteiger charge is 2.14. The van der Waals surface area contributed by atoms with Crippen molar-refractivity contribution in [1.82, 2.24) is 9.80 Å². The summed E-state index contributed by atoms with van der Waals surface area (Å²) in [5.74, 6) is 0. The Hall–Kier alpha value is -0.340. The summed E-state index contributed by atoms with van der Waals surface area (Å²) in [7, 11) is 2.21. The van der Waals surface area contributed by atoms with Gasteiger partial charge in [0.15, 0.2) is 0 Å². The SMILES string of the molecule is CC(C)=C(C)CCCCCN1CCN(C)C1. The van der Waals surface area contributed by atoms with Gasteiger partial charge in [-0.15, -0.1) is 0 Å². The molecule has 0 aromatic carbocycles. The first-order valence-corrected chi connectivity index (χ1v) is 6.63. The van der Waals surface area contributed by atoms with Crippen LogP contribution in [0.2, 0.25) is 0 Å². The summed E-state index contributed by atoms with van der Waals surface area (Å²) in [6.07, 6.45) is 5.40.